The van der Waals surface area contributed by atoms with Crippen molar-refractivity contribution in [2.75, 3.05) is 12.4 Å². The lowest BCUT2D eigenvalue weighted by atomic mass is 9.99. The van der Waals surface area contributed by atoms with Crippen LogP contribution < -0.4 is 10.1 Å². The molecule has 110 valence electrons. The van der Waals surface area contributed by atoms with Gasteiger partial charge >= 0.3 is 6.09 Å². The van der Waals surface area contributed by atoms with Gasteiger partial charge in [0.25, 0.3) is 0 Å². The first kappa shape index (κ1) is 15.2. The molecule has 0 aromatic heterocycles. The number of benzene rings is 2. The smallest absolute Gasteiger partial charge is 0.409 e. The zero-order chi connectivity index (χ0) is 15.4. The highest BCUT2D eigenvalue weighted by molar-refractivity contribution is 6.30. The number of hydrogen-bond acceptors (Lipinski definition) is 3. The molecule has 1 unspecified atom stereocenters. The van der Waals surface area contributed by atoms with Crippen LogP contribution in [0.1, 0.15) is 17.2 Å². The number of aliphatic hydroxyl groups excluding tert-OH is 1. The average molecular weight is 308 g/mol. The molecular formula is C15H14ClNO4. The van der Waals surface area contributed by atoms with E-state index < -0.39 is 12.2 Å². The van der Waals surface area contributed by atoms with E-state index in [4.69, 9.17) is 21.4 Å². The summed E-state index contributed by atoms with van der Waals surface area (Å²) in [6.07, 6.45) is -2.24. The molecule has 3 N–H and O–H groups in total. The van der Waals surface area contributed by atoms with Crippen molar-refractivity contribution >= 4 is 23.4 Å². The third-order valence-corrected chi connectivity index (χ3v) is 3.19. The van der Waals surface area contributed by atoms with Gasteiger partial charge in [0.1, 0.15) is 11.9 Å². The third-order valence-electron chi connectivity index (χ3n) is 2.96. The van der Waals surface area contributed by atoms with E-state index >= 15 is 0 Å². The number of nitrogens with one attached hydrogen (secondary N) is 1. The van der Waals surface area contributed by atoms with Gasteiger partial charge in [0.05, 0.1) is 12.8 Å². The number of aliphatic hydroxyl groups is 1. The largest absolute Gasteiger partial charge is 0.497 e. The molecule has 0 bridgehead atoms. The maximum absolute atomic E-state index is 10.8. The molecular weight excluding hydrogens is 294 g/mol. The van der Waals surface area contributed by atoms with Gasteiger partial charge in [0, 0.05) is 10.6 Å². The van der Waals surface area contributed by atoms with Crippen molar-refractivity contribution in [1.82, 2.24) is 0 Å². The molecule has 0 aliphatic carbocycles. The van der Waals surface area contributed by atoms with E-state index in [1.807, 2.05) is 0 Å². The molecule has 1 atom stereocenters. The maximum Gasteiger partial charge on any atom is 0.409 e. The molecule has 0 radical (unpaired) electrons. The van der Waals surface area contributed by atoms with Crippen molar-refractivity contribution in [1.29, 1.82) is 0 Å². The molecule has 0 saturated carbocycles. The number of carbonyl (C=O) groups is 1. The number of halogens is 1. The number of rotatable bonds is 4. The molecule has 0 fully saturated rings. The van der Waals surface area contributed by atoms with Crippen LogP contribution >= 0.6 is 11.6 Å². The number of amides is 1. The molecule has 0 aliphatic heterocycles. The standard InChI is InChI=1S/C15H14ClNO4/c1-21-11-4-2-3-9(7-11)14(18)12-8-10(16)5-6-13(12)17-15(19)20/h2-8,14,17-18H,1H3,(H,19,20). The van der Waals surface area contributed by atoms with Crippen LogP contribution in [0.5, 0.6) is 5.75 Å². The lowest BCUT2D eigenvalue weighted by Crippen LogP contribution is -2.11. The Balaban J connectivity index is 2.43. The molecule has 5 nitrogen and oxygen atoms in total. The van der Waals surface area contributed by atoms with Crippen LogP contribution in [-0.2, 0) is 0 Å². The Kier molecular flexibility index (Phi) is 4.67. The number of ether oxygens (including phenoxy) is 1. The van der Waals surface area contributed by atoms with E-state index in [1.54, 1.807) is 30.3 Å². The SMILES string of the molecule is COc1cccc(C(O)c2cc(Cl)ccc2NC(=O)O)c1. The van der Waals surface area contributed by atoms with Gasteiger partial charge in [0.2, 0.25) is 0 Å². The molecule has 0 heterocycles. The first-order valence-corrected chi connectivity index (χ1v) is 6.50. The van der Waals surface area contributed by atoms with Gasteiger partial charge in [0.15, 0.2) is 0 Å². The Bertz CT molecular complexity index is 660. The van der Waals surface area contributed by atoms with Crippen molar-refractivity contribution in [2.24, 2.45) is 0 Å². The number of hydrogen-bond donors (Lipinski definition) is 3. The highest BCUT2D eigenvalue weighted by Gasteiger charge is 2.17. The van der Waals surface area contributed by atoms with Crippen LogP contribution in [0.15, 0.2) is 42.5 Å². The summed E-state index contributed by atoms with van der Waals surface area (Å²) in [7, 11) is 1.53. The van der Waals surface area contributed by atoms with Gasteiger partial charge in [-0.25, -0.2) is 4.79 Å². The van der Waals surface area contributed by atoms with Crippen molar-refractivity contribution < 1.29 is 19.7 Å². The first-order chi connectivity index (χ1) is 10.0. The summed E-state index contributed by atoms with van der Waals surface area (Å²) in [5.41, 5.74) is 1.23. The second kappa shape index (κ2) is 6.47. The number of anilines is 1. The first-order valence-electron chi connectivity index (χ1n) is 6.12. The summed E-state index contributed by atoms with van der Waals surface area (Å²) >= 11 is 5.93. The molecule has 1 amide bonds. The van der Waals surface area contributed by atoms with E-state index in [2.05, 4.69) is 5.32 Å². The van der Waals surface area contributed by atoms with Gasteiger partial charge in [-0.15, -0.1) is 0 Å². The number of methoxy groups -OCH3 is 1. The predicted molar refractivity (Wildman–Crippen MR) is 80.2 cm³/mol. The van der Waals surface area contributed by atoms with Gasteiger partial charge < -0.3 is 14.9 Å². The average Bonchev–Trinajstić information content (AvgIpc) is 2.48. The predicted octanol–water partition coefficient (Wildman–Crippen LogP) is 3.52. The van der Waals surface area contributed by atoms with Crippen molar-refractivity contribution in [3.63, 3.8) is 0 Å². The number of carboxylic acid groups (broad SMARTS) is 1. The highest BCUT2D eigenvalue weighted by Crippen LogP contribution is 2.32. The lowest BCUT2D eigenvalue weighted by Gasteiger charge is -2.16. The molecule has 6 heteroatoms. The molecule has 0 spiro atoms. The van der Waals surface area contributed by atoms with E-state index in [0.717, 1.165) is 0 Å². The van der Waals surface area contributed by atoms with E-state index in [0.29, 0.717) is 21.9 Å². The molecule has 2 rings (SSSR count). The Morgan fingerprint density at radius 2 is 2.05 bits per heavy atom. The normalized spacial score (nSPS) is 11.8. The maximum atomic E-state index is 10.8. The Hall–Kier alpha value is -2.24. The van der Waals surface area contributed by atoms with Crippen molar-refractivity contribution in [2.45, 2.75) is 6.10 Å². The summed E-state index contributed by atoms with van der Waals surface area (Å²) in [5, 5.41) is 22.0. The van der Waals surface area contributed by atoms with Crippen LogP contribution in [-0.4, -0.2) is 23.4 Å². The van der Waals surface area contributed by atoms with Crippen molar-refractivity contribution in [3.05, 3.63) is 58.6 Å². The lowest BCUT2D eigenvalue weighted by molar-refractivity contribution is 0.209. The van der Waals surface area contributed by atoms with Gasteiger partial charge in [-0.1, -0.05) is 23.7 Å². The monoisotopic (exact) mass is 307 g/mol. The quantitative estimate of drug-likeness (QED) is 0.807. The second-order valence-electron chi connectivity index (χ2n) is 4.34. The Labute approximate surface area is 126 Å². The zero-order valence-electron chi connectivity index (χ0n) is 11.2. The topological polar surface area (TPSA) is 78.8 Å². The summed E-state index contributed by atoms with van der Waals surface area (Å²) < 4.78 is 5.11. The summed E-state index contributed by atoms with van der Waals surface area (Å²) in [4.78, 5) is 10.8. The molecule has 21 heavy (non-hydrogen) atoms. The third kappa shape index (κ3) is 3.65. The van der Waals surface area contributed by atoms with Gasteiger partial charge in [-0.05, 0) is 35.9 Å². The van der Waals surface area contributed by atoms with E-state index in [1.165, 1.54) is 19.2 Å². The molecule has 2 aromatic rings. The molecule has 2 aromatic carbocycles. The Morgan fingerprint density at radius 3 is 2.71 bits per heavy atom. The van der Waals surface area contributed by atoms with Gasteiger partial charge in [-0.2, -0.15) is 0 Å². The summed E-state index contributed by atoms with van der Waals surface area (Å²) in [6.45, 7) is 0. The second-order valence-corrected chi connectivity index (χ2v) is 4.78. The fourth-order valence-electron chi connectivity index (χ4n) is 1.98. The highest BCUT2D eigenvalue weighted by atomic mass is 35.5. The summed E-state index contributed by atoms with van der Waals surface area (Å²) in [6, 6.07) is 11.5. The molecule has 0 aliphatic rings. The van der Waals surface area contributed by atoms with Crippen LogP contribution in [0.4, 0.5) is 10.5 Å². The van der Waals surface area contributed by atoms with E-state index in [9.17, 15) is 9.90 Å². The summed E-state index contributed by atoms with van der Waals surface area (Å²) in [5.74, 6) is 0.598. The van der Waals surface area contributed by atoms with E-state index in [-0.39, 0.29) is 5.69 Å². The van der Waals surface area contributed by atoms with Crippen molar-refractivity contribution in [3.8, 4) is 5.75 Å². The van der Waals surface area contributed by atoms with Crippen LogP contribution in [0, 0.1) is 0 Å². The Morgan fingerprint density at radius 1 is 1.29 bits per heavy atom. The fourth-order valence-corrected chi connectivity index (χ4v) is 2.16. The van der Waals surface area contributed by atoms with Crippen LogP contribution in [0.2, 0.25) is 5.02 Å². The minimum absolute atomic E-state index is 0.280. The zero-order valence-corrected chi connectivity index (χ0v) is 12.0. The fraction of sp³-hybridized carbons (Fsp3) is 0.133. The van der Waals surface area contributed by atoms with Crippen LogP contribution in [0.25, 0.3) is 0 Å². The minimum Gasteiger partial charge on any atom is -0.497 e. The van der Waals surface area contributed by atoms with Crippen LogP contribution in [0.3, 0.4) is 0 Å². The van der Waals surface area contributed by atoms with Gasteiger partial charge in [-0.3, -0.25) is 5.32 Å². The molecule has 0 saturated heterocycles. The minimum atomic E-state index is -1.21.